The highest BCUT2D eigenvalue weighted by atomic mass is 16.5. The molecule has 0 bridgehead atoms. The van der Waals surface area contributed by atoms with Gasteiger partial charge in [0.25, 0.3) is 0 Å². The van der Waals surface area contributed by atoms with Crippen LogP contribution in [-0.2, 0) is 0 Å². The van der Waals surface area contributed by atoms with Gasteiger partial charge in [0.15, 0.2) is 0 Å². The quantitative estimate of drug-likeness (QED) is 0.733. The van der Waals surface area contributed by atoms with Crippen molar-refractivity contribution in [2.45, 2.75) is 0 Å². The van der Waals surface area contributed by atoms with Crippen molar-refractivity contribution >= 4 is 0 Å². The molecule has 0 saturated heterocycles. The van der Waals surface area contributed by atoms with Crippen molar-refractivity contribution in [2.24, 2.45) is 0 Å². The highest BCUT2D eigenvalue weighted by molar-refractivity contribution is 5.80. The van der Waals surface area contributed by atoms with Crippen LogP contribution in [0, 0.1) is 0 Å². The number of pyridine rings is 2. The van der Waals surface area contributed by atoms with Crippen molar-refractivity contribution in [1.29, 1.82) is 0 Å². The van der Waals surface area contributed by atoms with E-state index in [9.17, 15) is 0 Å². The summed E-state index contributed by atoms with van der Waals surface area (Å²) < 4.78 is 11.1. The van der Waals surface area contributed by atoms with Gasteiger partial charge < -0.3 is 9.47 Å². The number of hydrogen-bond acceptors (Lipinski definition) is 4. The van der Waals surface area contributed by atoms with E-state index in [0.717, 1.165) is 33.8 Å². The van der Waals surface area contributed by atoms with E-state index < -0.39 is 0 Å². The van der Waals surface area contributed by atoms with Crippen LogP contribution < -0.4 is 9.47 Å². The Hall–Kier alpha value is -2.88. The van der Waals surface area contributed by atoms with E-state index in [1.54, 1.807) is 39.0 Å². The number of ether oxygens (including phenoxy) is 2. The van der Waals surface area contributed by atoms with Crippen LogP contribution >= 0.6 is 0 Å². The summed E-state index contributed by atoms with van der Waals surface area (Å²) in [6.07, 6.45) is 7.11. The summed E-state index contributed by atoms with van der Waals surface area (Å²) in [5.41, 5.74) is 3.85. The predicted molar refractivity (Wildman–Crippen MR) is 86.0 cm³/mol. The summed E-state index contributed by atoms with van der Waals surface area (Å²) in [5, 5.41) is 0. The molecule has 22 heavy (non-hydrogen) atoms. The van der Waals surface area contributed by atoms with Gasteiger partial charge in [-0.2, -0.15) is 0 Å². The van der Waals surface area contributed by atoms with E-state index in [2.05, 4.69) is 9.97 Å². The number of hydrogen-bond donors (Lipinski definition) is 0. The summed E-state index contributed by atoms with van der Waals surface area (Å²) in [7, 11) is 3.32. The highest BCUT2D eigenvalue weighted by Gasteiger charge is 2.14. The van der Waals surface area contributed by atoms with Crippen LogP contribution in [0.2, 0.25) is 0 Å². The molecule has 3 aromatic rings. The summed E-state index contributed by atoms with van der Waals surface area (Å²) in [5.74, 6) is 1.54. The molecule has 0 radical (unpaired) electrons. The first kappa shape index (κ1) is 14.1. The van der Waals surface area contributed by atoms with Crippen LogP contribution in [-0.4, -0.2) is 24.2 Å². The molecule has 0 unspecified atom stereocenters. The fraction of sp³-hybridized carbons (Fsp3) is 0.111. The Bertz CT molecular complexity index is 692. The third-order valence-corrected chi connectivity index (χ3v) is 3.47. The second kappa shape index (κ2) is 6.26. The van der Waals surface area contributed by atoms with Gasteiger partial charge in [-0.15, -0.1) is 0 Å². The first-order valence-corrected chi connectivity index (χ1v) is 6.90. The number of rotatable bonds is 4. The molecule has 0 saturated carbocycles. The van der Waals surface area contributed by atoms with Gasteiger partial charge in [0.2, 0.25) is 0 Å². The average molecular weight is 292 g/mol. The largest absolute Gasteiger partial charge is 0.496 e. The van der Waals surface area contributed by atoms with Gasteiger partial charge >= 0.3 is 0 Å². The molecule has 0 atom stereocenters. The van der Waals surface area contributed by atoms with Crippen molar-refractivity contribution in [2.75, 3.05) is 14.2 Å². The van der Waals surface area contributed by atoms with Crippen LogP contribution in [0.1, 0.15) is 0 Å². The molecule has 0 fully saturated rings. The fourth-order valence-corrected chi connectivity index (χ4v) is 2.39. The fourth-order valence-electron chi connectivity index (χ4n) is 2.39. The van der Waals surface area contributed by atoms with Crippen molar-refractivity contribution in [3.8, 4) is 33.8 Å². The van der Waals surface area contributed by atoms with Crippen LogP contribution in [0.15, 0.2) is 61.2 Å². The van der Waals surface area contributed by atoms with E-state index in [1.807, 2.05) is 36.4 Å². The Morgan fingerprint density at radius 1 is 0.727 bits per heavy atom. The van der Waals surface area contributed by atoms with Crippen molar-refractivity contribution in [3.63, 3.8) is 0 Å². The molecule has 0 amide bonds. The summed E-state index contributed by atoms with van der Waals surface area (Å²) in [6, 6.07) is 11.7. The first-order valence-electron chi connectivity index (χ1n) is 6.90. The maximum absolute atomic E-state index is 5.56. The number of methoxy groups -OCH3 is 2. The van der Waals surface area contributed by atoms with E-state index in [1.165, 1.54) is 0 Å². The molecular formula is C18H16N2O2. The lowest BCUT2D eigenvalue weighted by atomic mass is 9.99. The van der Waals surface area contributed by atoms with Gasteiger partial charge in [0.05, 0.1) is 14.2 Å². The molecule has 1 aromatic carbocycles. The van der Waals surface area contributed by atoms with Crippen molar-refractivity contribution < 1.29 is 9.47 Å². The molecule has 2 heterocycles. The van der Waals surface area contributed by atoms with Gasteiger partial charge in [-0.25, -0.2) is 0 Å². The molecule has 0 aliphatic rings. The molecule has 4 heteroatoms. The van der Waals surface area contributed by atoms with E-state index in [4.69, 9.17) is 9.47 Å². The number of benzene rings is 1. The normalized spacial score (nSPS) is 10.3. The Balaban J connectivity index is 2.19. The smallest absolute Gasteiger partial charge is 0.127 e. The molecule has 4 nitrogen and oxygen atoms in total. The number of nitrogens with zero attached hydrogens (tertiary/aromatic N) is 2. The first-order chi connectivity index (χ1) is 10.8. The lowest BCUT2D eigenvalue weighted by molar-refractivity contribution is 0.406. The predicted octanol–water partition coefficient (Wildman–Crippen LogP) is 3.83. The van der Waals surface area contributed by atoms with E-state index in [-0.39, 0.29) is 0 Å². The third-order valence-electron chi connectivity index (χ3n) is 3.47. The SMILES string of the molecule is COc1cc(-c2cccnc2)c(OC)cc1-c1cccnc1. The summed E-state index contributed by atoms with van der Waals surface area (Å²) in [6.45, 7) is 0. The van der Waals surface area contributed by atoms with Gasteiger partial charge in [-0.05, 0) is 24.3 Å². The third kappa shape index (κ3) is 2.63. The minimum atomic E-state index is 0.771. The van der Waals surface area contributed by atoms with Crippen LogP contribution in [0.25, 0.3) is 22.3 Å². The molecule has 0 N–H and O–H groups in total. The van der Waals surface area contributed by atoms with Gasteiger partial charge in [-0.1, -0.05) is 12.1 Å². The molecule has 0 spiro atoms. The van der Waals surface area contributed by atoms with Gasteiger partial charge in [0, 0.05) is 47.0 Å². The Morgan fingerprint density at radius 3 is 1.50 bits per heavy atom. The molecule has 110 valence electrons. The minimum absolute atomic E-state index is 0.771. The lowest BCUT2D eigenvalue weighted by Gasteiger charge is -2.15. The van der Waals surface area contributed by atoms with E-state index >= 15 is 0 Å². The van der Waals surface area contributed by atoms with Gasteiger partial charge in [0.1, 0.15) is 11.5 Å². The Kier molecular flexibility index (Phi) is 4.01. The molecule has 0 aliphatic heterocycles. The second-order valence-corrected chi connectivity index (χ2v) is 4.74. The van der Waals surface area contributed by atoms with Crippen molar-refractivity contribution in [1.82, 2.24) is 9.97 Å². The topological polar surface area (TPSA) is 44.2 Å². The second-order valence-electron chi connectivity index (χ2n) is 4.74. The lowest BCUT2D eigenvalue weighted by Crippen LogP contribution is -1.94. The zero-order chi connectivity index (χ0) is 15.4. The van der Waals surface area contributed by atoms with Crippen molar-refractivity contribution in [3.05, 3.63) is 61.2 Å². The molecule has 2 aromatic heterocycles. The standard InChI is InChI=1S/C18H16N2O2/c1-21-17-9-16(14-6-4-8-20-12-14)18(22-2)10-15(17)13-5-3-7-19-11-13/h3-12H,1-2H3. The minimum Gasteiger partial charge on any atom is -0.496 e. The van der Waals surface area contributed by atoms with Crippen LogP contribution in [0.5, 0.6) is 11.5 Å². The summed E-state index contributed by atoms with van der Waals surface area (Å²) >= 11 is 0. The number of aromatic nitrogens is 2. The zero-order valence-corrected chi connectivity index (χ0v) is 12.5. The highest BCUT2D eigenvalue weighted by Crippen LogP contribution is 2.40. The van der Waals surface area contributed by atoms with Crippen LogP contribution in [0.3, 0.4) is 0 Å². The zero-order valence-electron chi connectivity index (χ0n) is 12.5. The summed E-state index contributed by atoms with van der Waals surface area (Å²) in [4.78, 5) is 8.33. The average Bonchev–Trinajstić information content (AvgIpc) is 2.62. The molecule has 3 rings (SSSR count). The van der Waals surface area contributed by atoms with Crippen LogP contribution in [0.4, 0.5) is 0 Å². The van der Waals surface area contributed by atoms with E-state index in [0.29, 0.717) is 0 Å². The van der Waals surface area contributed by atoms with Gasteiger partial charge in [-0.3, -0.25) is 9.97 Å². The Labute approximate surface area is 129 Å². The maximum Gasteiger partial charge on any atom is 0.127 e. The maximum atomic E-state index is 5.56. The Morgan fingerprint density at radius 2 is 1.18 bits per heavy atom. The monoisotopic (exact) mass is 292 g/mol. The molecule has 0 aliphatic carbocycles. The molecular weight excluding hydrogens is 276 g/mol.